The minimum atomic E-state index is -1.82. The number of nitrogens with zero attached hydrogens (tertiary/aromatic N) is 1. The fourth-order valence-electron chi connectivity index (χ4n) is 2.49. The molecule has 124 valence electrons. The number of fused-ring (bicyclic) bond motifs is 1. The third-order valence-corrected chi connectivity index (χ3v) is 5.12. The Labute approximate surface area is 142 Å². The van der Waals surface area contributed by atoms with Gasteiger partial charge in [0.05, 0.1) is 25.5 Å². The minimum Gasteiger partial charge on any atom is -0.587 e. The van der Waals surface area contributed by atoms with E-state index < -0.39 is 17.3 Å². The molecule has 2 aromatic carbocycles. The Morgan fingerprint density at radius 2 is 1.88 bits per heavy atom. The molecule has 24 heavy (non-hydrogen) atoms. The van der Waals surface area contributed by atoms with Crippen LogP contribution in [0.3, 0.4) is 0 Å². The van der Waals surface area contributed by atoms with Gasteiger partial charge in [-0.15, -0.1) is 0 Å². The molecule has 0 saturated heterocycles. The topological polar surface area (TPSA) is 84.9 Å². The molecular formula is C17H16N2O4S. The summed E-state index contributed by atoms with van der Waals surface area (Å²) < 4.78 is 19.2. The highest BCUT2D eigenvalue weighted by Gasteiger charge is 2.39. The number of aliphatic hydroxyl groups is 1. The average molecular weight is 344 g/mol. The third kappa shape index (κ3) is 2.68. The fraction of sp³-hybridized carbons (Fsp3) is 0.118. The molecule has 0 spiro atoms. The van der Waals surface area contributed by atoms with Gasteiger partial charge in [-0.1, -0.05) is 24.3 Å². The lowest BCUT2D eigenvalue weighted by Gasteiger charge is -2.29. The highest BCUT2D eigenvalue weighted by atomic mass is 32.2. The predicted octanol–water partition coefficient (Wildman–Crippen LogP) is 2.67. The highest BCUT2D eigenvalue weighted by Crippen LogP contribution is 2.37. The first-order chi connectivity index (χ1) is 11.5. The molecule has 1 amide bonds. The van der Waals surface area contributed by atoms with E-state index >= 15 is 0 Å². The van der Waals surface area contributed by atoms with Crippen molar-refractivity contribution in [1.82, 2.24) is 0 Å². The van der Waals surface area contributed by atoms with Crippen molar-refractivity contribution in [3.05, 3.63) is 59.0 Å². The number of rotatable bonds is 3. The summed E-state index contributed by atoms with van der Waals surface area (Å²) in [4.78, 5) is 12.4. The predicted molar refractivity (Wildman–Crippen MR) is 94.2 cm³/mol. The second kappa shape index (κ2) is 6.46. The Morgan fingerprint density at radius 1 is 1.21 bits per heavy atom. The maximum atomic E-state index is 12.6. The van der Waals surface area contributed by atoms with Crippen LogP contribution in [-0.4, -0.2) is 29.7 Å². The maximum Gasteiger partial charge on any atom is 0.310 e. The monoisotopic (exact) mass is 344 g/mol. The Morgan fingerprint density at radius 3 is 2.62 bits per heavy atom. The van der Waals surface area contributed by atoms with E-state index in [0.29, 0.717) is 22.7 Å². The van der Waals surface area contributed by atoms with Crippen molar-refractivity contribution >= 4 is 34.4 Å². The summed E-state index contributed by atoms with van der Waals surface area (Å²) in [5, 5.41) is 13.1. The Bertz CT molecular complexity index is 822. The molecule has 0 aromatic heterocycles. The van der Waals surface area contributed by atoms with Gasteiger partial charge in [-0.3, -0.25) is 4.79 Å². The molecule has 7 heteroatoms. The van der Waals surface area contributed by atoms with Crippen molar-refractivity contribution < 1.29 is 19.2 Å². The van der Waals surface area contributed by atoms with Gasteiger partial charge in [0.1, 0.15) is 17.1 Å². The van der Waals surface area contributed by atoms with Crippen LogP contribution in [0.2, 0.25) is 0 Å². The second-order valence-electron chi connectivity index (χ2n) is 5.10. The van der Waals surface area contributed by atoms with Gasteiger partial charge in [0.15, 0.2) is 5.76 Å². The molecular weight excluding hydrogens is 328 g/mol. The summed E-state index contributed by atoms with van der Waals surface area (Å²) >= 11 is -1.82. The maximum absolute atomic E-state index is 12.6. The van der Waals surface area contributed by atoms with Gasteiger partial charge in [-0.2, -0.15) is 4.31 Å². The zero-order valence-corrected chi connectivity index (χ0v) is 14.0. The number of methoxy groups -OCH3 is 1. The quantitative estimate of drug-likeness (QED) is 0.836. The van der Waals surface area contributed by atoms with E-state index in [-0.39, 0.29) is 10.7 Å². The molecule has 2 N–H and O–H groups in total. The van der Waals surface area contributed by atoms with Gasteiger partial charge >= 0.3 is 5.91 Å². The Balaban J connectivity index is 2.00. The van der Waals surface area contributed by atoms with E-state index in [9.17, 15) is 14.5 Å². The summed E-state index contributed by atoms with van der Waals surface area (Å²) in [6.07, 6.45) is 0. The lowest BCUT2D eigenvalue weighted by atomic mass is 10.1. The summed E-state index contributed by atoms with van der Waals surface area (Å²) in [7, 11) is 3.10. The fourth-order valence-corrected chi connectivity index (χ4v) is 3.59. The molecule has 0 fully saturated rings. The molecule has 0 aliphatic carbocycles. The van der Waals surface area contributed by atoms with Crippen LogP contribution in [0.5, 0.6) is 5.75 Å². The van der Waals surface area contributed by atoms with Gasteiger partial charge in [-0.05, 0) is 24.3 Å². The highest BCUT2D eigenvalue weighted by molar-refractivity contribution is 7.97. The molecule has 1 atom stereocenters. The van der Waals surface area contributed by atoms with Gasteiger partial charge in [0, 0.05) is 5.56 Å². The van der Waals surface area contributed by atoms with Crippen molar-refractivity contribution in [3.63, 3.8) is 0 Å². The van der Waals surface area contributed by atoms with Crippen LogP contribution in [0.25, 0.3) is 5.76 Å². The van der Waals surface area contributed by atoms with Gasteiger partial charge in [0.25, 0.3) is 4.91 Å². The lowest BCUT2D eigenvalue weighted by molar-refractivity contribution is -0.112. The number of hydrogen-bond donors (Lipinski definition) is 2. The number of carbonyl (C=O) groups excluding carboxylic acids is 1. The number of amides is 1. The van der Waals surface area contributed by atoms with Crippen LogP contribution >= 0.6 is 0 Å². The smallest absolute Gasteiger partial charge is 0.310 e. The van der Waals surface area contributed by atoms with Crippen molar-refractivity contribution in [2.24, 2.45) is 0 Å². The van der Waals surface area contributed by atoms with Crippen LogP contribution in [-0.2, 0) is 16.2 Å². The lowest BCUT2D eigenvalue weighted by Crippen LogP contribution is -2.37. The molecule has 0 bridgehead atoms. The van der Waals surface area contributed by atoms with Gasteiger partial charge in [0.2, 0.25) is 0 Å². The molecule has 1 aliphatic heterocycles. The number of para-hydroxylation sites is 3. The minimum absolute atomic E-state index is 0.192. The zero-order chi connectivity index (χ0) is 17.3. The largest absolute Gasteiger partial charge is 0.587 e. The van der Waals surface area contributed by atoms with E-state index in [0.717, 1.165) is 0 Å². The molecule has 1 aliphatic rings. The summed E-state index contributed by atoms with van der Waals surface area (Å²) in [6.45, 7) is 0. The van der Waals surface area contributed by atoms with Crippen molar-refractivity contribution in [3.8, 4) is 5.75 Å². The summed E-state index contributed by atoms with van der Waals surface area (Å²) in [6, 6.07) is 13.8. The van der Waals surface area contributed by atoms with Crippen molar-refractivity contribution in [1.29, 1.82) is 0 Å². The molecule has 1 unspecified atom stereocenters. The van der Waals surface area contributed by atoms with E-state index in [1.807, 2.05) is 0 Å². The Kier molecular flexibility index (Phi) is 4.37. The number of carbonyl (C=O) groups is 1. The molecule has 1 heterocycles. The van der Waals surface area contributed by atoms with Crippen LogP contribution in [0.4, 0.5) is 11.4 Å². The van der Waals surface area contributed by atoms with E-state index in [1.54, 1.807) is 55.6 Å². The van der Waals surface area contributed by atoms with Crippen molar-refractivity contribution in [2.45, 2.75) is 0 Å². The first-order valence-corrected chi connectivity index (χ1v) is 8.28. The van der Waals surface area contributed by atoms with Gasteiger partial charge in [-0.25, -0.2) is 0 Å². The molecule has 0 radical (unpaired) electrons. The average Bonchev–Trinajstić information content (AvgIpc) is 2.60. The first kappa shape index (κ1) is 16.2. The number of hydrogen-bond acceptors (Lipinski definition) is 5. The number of anilines is 2. The van der Waals surface area contributed by atoms with Crippen LogP contribution < -0.4 is 14.4 Å². The molecule has 0 saturated carbocycles. The summed E-state index contributed by atoms with van der Waals surface area (Å²) in [5.41, 5.74) is 1.50. The second-order valence-corrected chi connectivity index (χ2v) is 6.55. The molecule has 3 rings (SSSR count). The van der Waals surface area contributed by atoms with Crippen LogP contribution in [0, 0.1) is 0 Å². The van der Waals surface area contributed by atoms with Crippen LogP contribution in [0.15, 0.2) is 53.4 Å². The van der Waals surface area contributed by atoms with Crippen LogP contribution in [0.1, 0.15) is 5.56 Å². The third-order valence-electron chi connectivity index (χ3n) is 3.70. The summed E-state index contributed by atoms with van der Waals surface area (Å²) in [5.74, 6) is -0.451. The first-order valence-electron chi connectivity index (χ1n) is 7.17. The normalized spacial score (nSPS) is 16.6. The Hall–Kier alpha value is -2.64. The molecule has 6 nitrogen and oxygen atoms in total. The van der Waals surface area contributed by atoms with E-state index in [1.165, 1.54) is 11.4 Å². The van der Waals surface area contributed by atoms with E-state index in [2.05, 4.69) is 5.32 Å². The number of ether oxygens (including phenoxy) is 1. The van der Waals surface area contributed by atoms with Crippen molar-refractivity contribution in [2.75, 3.05) is 23.8 Å². The standard InChI is InChI=1S/C17H16N2O4S/c1-19-13-9-5-3-7-11(13)15(20)16(24(19)22)17(21)18-12-8-4-6-10-14(12)23-2/h3-10,20H,1-2H3,(H,18,21). The van der Waals surface area contributed by atoms with E-state index in [4.69, 9.17) is 4.74 Å². The SMILES string of the molecule is COc1ccccc1NC(=O)C1=C(O)c2ccccc2N(C)[S+]1[O-]. The number of nitrogens with one attached hydrogen (secondary N) is 1. The number of benzene rings is 2. The zero-order valence-electron chi connectivity index (χ0n) is 13.1. The van der Waals surface area contributed by atoms with Gasteiger partial charge < -0.3 is 19.7 Å². The molecule has 2 aromatic rings. The number of aliphatic hydroxyl groups excluding tert-OH is 1.